The molecule has 0 saturated heterocycles. The molecule has 21 heavy (non-hydrogen) atoms. The molecule has 1 aromatic rings. The molecule has 1 aliphatic rings. The maximum absolute atomic E-state index is 12.3. The van der Waals surface area contributed by atoms with E-state index in [-0.39, 0.29) is 18.5 Å². The van der Waals surface area contributed by atoms with Gasteiger partial charge in [0.05, 0.1) is 12.5 Å². The standard InChI is InChI=1S/C16H22N2O3/c1-11(2)17(3)15(19)10-18-9-13(16(20)21)8-12-6-4-5-7-14(12)18/h4-7,11,13H,8-10H2,1-3H3,(H,20,21). The zero-order valence-electron chi connectivity index (χ0n) is 12.7. The summed E-state index contributed by atoms with van der Waals surface area (Å²) in [5, 5.41) is 9.29. The number of benzene rings is 1. The molecule has 1 unspecified atom stereocenters. The molecule has 0 spiro atoms. The van der Waals surface area contributed by atoms with E-state index in [9.17, 15) is 14.7 Å². The molecule has 1 atom stereocenters. The molecule has 1 aromatic carbocycles. The van der Waals surface area contributed by atoms with E-state index < -0.39 is 11.9 Å². The lowest BCUT2D eigenvalue weighted by Crippen LogP contribution is -2.46. The van der Waals surface area contributed by atoms with Crippen LogP contribution < -0.4 is 4.90 Å². The van der Waals surface area contributed by atoms with Crippen LogP contribution in [0.3, 0.4) is 0 Å². The maximum Gasteiger partial charge on any atom is 0.308 e. The molecule has 5 nitrogen and oxygen atoms in total. The largest absolute Gasteiger partial charge is 0.481 e. The number of likely N-dealkylation sites (N-methyl/N-ethyl adjacent to an activating group) is 1. The lowest BCUT2D eigenvalue weighted by Gasteiger charge is -2.35. The van der Waals surface area contributed by atoms with E-state index in [4.69, 9.17) is 0 Å². The first kappa shape index (κ1) is 15.4. The van der Waals surface area contributed by atoms with Crippen molar-refractivity contribution >= 4 is 17.6 Å². The Morgan fingerprint density at radius 1 is 1.38 bits per heavy atom. The van der Waals surface area contributed by atoms with Gasteiger partial charge in [-0.15, -0.1) is 0 Å². The highest BCUT2D eigenvalue weighted by Gasteiger charge is 2.30. The molecular weight excluding hydrogens is 268 g/mol. The summed E-state index contributed by atoms with van der Waals surface area (Å²) >= 11 is 0. The van der Waals surface area contributed by atoms with E-state index in [0.717, 1.165) is 11.3 Å². The van der Waals surface area contributed by atoms with Crippen molar-refractivity contribution in [2.45, 2.75) is 26.3 Å². The summed E-state index contributed by atoms with van der Waals surface area (Å²) < 4.78 is 0. The van der Waals surface area contributed by atoms with Crippen molar-refractivity contribution in [3.8, 4) is 0 Å². The molecule has 5 heteroatoms. The number of anilines is 1. The van der Waals surface area contributed by atoms with Crippen molar-refractivity contribution in [2.24, 2.45) is 5.92 Å². The van der Waals surface area contributed by atoms with Gasteiger partial charge in [-0.1, -0.05) is 18.2 Å². The Morgan fingerprint density at radius 2 is 2.05 bits per heavy atom. The Kier molecular flexibility index (Phi) is 4.50. The number of hydrogen-bond acceptors (Lipinski definition) is 3. The van der Waals surface area contributed by atoms with Crippen molar-refractivity contribution in [2.75, 3.05) is 25.0 Å². The fourth-order valence-electron chi connectivity index (χ4n) is 2.56. The van der Waals surface area contributed by atoms with Crippen molar-refractivity contribution in [3.63, 3.8) is 0 Å². The van der Waals surface area contributed by atoms with E-state index in [0.29, 0.717) is 13.0 Å². The Bertz CT molecular complexity index is 542. The van der Waals surface area contributed by atoms with Crippen molar-refractivity contribution < 1.29 is 14.7 Å². The molecule has 1 heterocycles. The zero-order valence-corrected chi connectivity index (χ0v) is 12.7. The average Bonchev–Trinajstić information content (AvgIpc) is 2.45. The number of aliphatic carboxylic acids is 1. The SMILES string of the molecule is CC(C)N(C)C(=O)CN1CC(C(=O)O)Cc2ccccc21. The van der Waals surface area contributed by atoms with Crippen LogP contribution in [0.2, 0.25) is 0 Å². The fourth-order valence-corrected chi connectivity index (χ4v) is 2.56. The number of hydrogen-bond donors (Lipinski definition) is 1. The number of amides is 1. The third-order valence-electron chi connectivity index (χ3n) is 4.08. The van der Waals surface area contributed by atoms with Crippen LogP contribution in [-0.2, 0) is 16.0 Å². The number of carboxylic acids is 1. The van der Waals surface area contributed by atoms with Crippen LogP contribution in [0.5, 0.6) is 0 Å². The number of carbonyl (C=O) groups is 2. The Morgan fingerprint density at radius 3 is 2.67 bits per heavy atom. The van der Waals surface area contributed by atoms with E-state index in [1.54, 1.807) is 11.9 Å². The van der Waals surface area contributed by atoms with Crippen LogP contribution in [0.15, 0.2) is 24.3 Å². The molecule has 0 saturated carbocycles. The van der Waals surface area contributed by atoms with Gasteiger partial charge >= 0.3 is 5.97 Å². The topological polar surface area (TPSA) is 60.9 Å². The van der Waals surface area contributed by atoms with Crippen LogP contribution in [0.1, 0.15) is 19.4 Å². The van der Waals surface area contributed by atoms with Crippen LogP contribution in [0.25, 0.3) is 0 Å². The highest BCUT2D eigenvalue weighted by molar-refractivity contribution is 5.83. The predicted molar refractivity (Wildman–Crippen MR) is 81.4 cm³/mol. The first-order valence-corrected chi connectivity index (χ1v) is 7.21. The number of nitrogens with zero attached hydrogens (tertiary/aromatic N) is 2. The highest BCUT2D eigenvalue weighted by Crippen LogP contribution is 2.29. The number of para-hydroxylation sites is 1. The second kappa shape index (κ2) is 6.16. The molecule has 1 amide bonds. The van der Waals surface area contributed by atoms with E-state index >= 15 is 0 Å². The molecule has 1 aliphatic heterocycles. The molecule has 114 valence electrons. The summed E-state index contributed by atoms with van der Waals surface area (Å²) in [5.41, 5.74) is 1.97. The molecule has 0 bridgehead atoms. The van der Waals surface area contributed by atoms with Crippen molar-refractivity contribution in [1.29, 1.82) is 0 Å². The van der Waals surface area contributed by atoms with Crippen LogP contribution in [-0.4, -0.2) is 48.1 Å². The number of fused-ring (bicyclic) bond motifs is 1. The molecule has 0 radical (unpaired) electrons. The first-order chi connectivity index (χ1) is 9.90. The summed E-state index contributed by atoms with van der Waals surface area (Å²) in [6.45, 7) is 4.52. The summed E-state index contributed by atoms with van der Waals surface area (Å²) in [6.07, 6.45) is 0.524. The van der Waals surface area contributed by atoms with Gasteiger partial charge in [0.25, 0.3) is 0 Å². The maximum atomic E-state index is 12.3. The minimum absolute atomic E-state index is 0.00541. The van der Waals surface area contributed by atoms with Gasteiger partial charge in [-0.2, -0.15) is 0 Å². The summed E-state index contributed by atoms with van der Waals surface area (Å²) in [4.78, 5) is 27.2. The number of carboxylic acid groups (broad SMARTS) is 1. The van der Waals surface area contributed by atoms with E-state index in [1.807, 2.05) is 43.0 Å². The summed E-state index contributed by atoms with van der Waals surface area (Å²) in [7, 11) is 1.78. The third kappa shape index (κ3) is 3.35. The summed E-state index contributed by atoms with van der Waals surface area (Å²) in [6, 6.07) is 7.85. The van der Waals surface area contributed by atoms with Crippen molar-refractivity contribution in [1.82, 2.24) is 4.90 Å². The fraction of sp³-hybridized carbons (Fsp3) is 0.500. The average molecular weight is 290 g/mol. The normalized spacial score (nSPS) is 17.5. The molecule has 0 fully saturated rings. The van der Waals surface area contributed by atoms with Gasteiger partial charge < -0.3 is 14.9 Å². The van der Waals surface area contributed by atoms with Crippen molar-refractivity contribution in [3.05, 3.63) is 29.8 Å². The van der Waals surface area contributed by atoms with E-state index in [1.165, 1.54) is 0 Å². The van der Waals surface area contributed by atoms with Crippen LogP contribution in [0.4, 0.5) is 5.69 Å². The second-order valence-corrected chi connectivity index (χ2v) is 5.85. The quantitative estimate of drug-likeness (QED) is 0.915. The van der Waals surface area contributed by atoms with Gasteiger partial charge in [-0.25, -0.2) is 0 Å². The minimum atomic E-state index is -0.806. The van der Waals surface area contributed by atoms with Gasteiger partial charge in [0, 0.05) is 25.3 Å². The van der Waals surface area contributed by atoms with Gasteiger partial charge in [-0.3, -0.25) is 9.59 Å². The predicted octanol–water partition coefficient (Wildman–Crippen LogP) is 1.62. The molecule has 0 aromatic heterocycles. The Balaban J connectivity index is 2.21. The zero-order chi connectivity index (χ0) is 15.6. The van der Waals surface area contributed by atoms with Gasteiger partial charge in [-0.05, 0) is 31.9 Å². The van der Waals surface area contributed by atoms with Gasteiger partial charge in [0.15, 0.2) is 0 Å². The van der Waals surface area contributed by atoms with Crippen LogP contribution >= 0.6 is 0 Å². The van der Waals surface area contributed by atoms with Crippen LogP contribution in [0, 0.1) is 5.92 Å². The second-order valence-electron chi connectivity index (χ2n) is 5.85. The lowest BCUT2D eigenvalue weighted by atomic mass is 9.92. The van der Waals surface area contributed by atoms with Gasteiger partial charge in [0.2, 0.25) is 5.91 Å². The molecule has 1 N–H and O–H groups in total. The smallest absolute Gasteiger partial charge is 0.308 e. The Labute approximate surface area is 125 Å². The number of carbonyl (C=O) groups excluding carboxylic acids is 1. The van der Waals surface area contributed by atoms with E-state index in [2.05, 4.69) is 0 Å². The molecular formula is C16H22N2O3. The minimum Gasteiger partial charge on any atom is -0.481 e. The Hall–Kier alpha value is -2.04. The first-order valence-electron chi connectivity index (χ1n) is 7.21. The van der Waals surface area contributed by atoms with Gasteiger partial charge in [0.1, 0.15) is 0 Å². The lowest BCUT2D eigenvalue weighted by molar-refractivity contribution is -0.141. The number of rotatable bonds is 4. The molecule has 2 rings (SSSR count). The molecule has 0 aliphatic carbocycles. The summed E-state index contributed by atoms with van der Waals surface area (Å²) in [5.74, 6) is -1.26. The highest BCUT2D eigenvalue weighted by atomic mass is 16.4. The monoisotopic (exact) mass is 290 g/mol. The third-order valence-corrected chi connectivity index (χ3v) is 4.08.